The van der Waals surface area contributed by atoms with Crippen molar-refractivity contribution >= 4 is 33.2 Å². The van der Waals surface area contributed by atoms with Crippen molar-refractivity contribution < 1.29 is 9.72 Å². The van der Waals surface area contributed by atoms with Gasteiger partial charge in [-0.15, -0.1) is 10.2 Å². The number of nitrogens with one attached hydrogen (secondary N) is 2. The summed E-state index contributed by atoms with van der Waals surface area (Å²) in [4.78, 5) is 23.9. The lowest BCUT2D eigenvalue weighted by Gasteiger charge is -1.96. The molecule has 17 heavy (non-hydrogen) atoms. The van der Waals surface area contributed by atoms with Crippen LogP contribution in [-0.4, -0.2) is 26.0 Å². The van der Waals surface area contributed by atoms with E-state index in [4.69, 9.17) is 5.73 Å². The molecular weight excluding hydrogens is 248 g/mol. The number of anilines is 2. The summed E-state index contributed by atoms with van der Waals surface area (Å²) in [6.45, 7) is 0. The fraction of sp³-hybridized carbons (Fsp3) is 0. The molecule has 2 aromatic rings. The van der Waals surface area contributed by atoms with Gasteiger partial charge in [0.05, 0.1) is 11.1 Å². The van der Waals surface area contributed by atoms with Crippen molar-refractivity contribution in [2.45, 2.75) is 0 Å². The number of aromatic amines is 1. The van der Waals surface area contributed by atoms with E-state index in [9.17, 15) is 14.9 Å². The van der Waals surface area contributed by atoms with Crippen LogP contribution in [0.15, 0.2) is 12.3 Å². The molecule has 0 aliphatic rings. The van der Waals surface area contributed by atoms with Crippen LogP contribution in [-0.2, 0) is 0 Å². The molecule has 10 heteroatoms. The normalized spacial score (nSPS) is 10.1. The minimum atomic E-state index is -0.601. The summed E-state index contributed by atoms with van der Waals surface area (Å²) >= 11 is 1.000. The SMILES string of the molecule is Nc1nnc(NC(=O)c2cc([N+](=O)[O-])c[nH]2)s1. The topological polar surface area (TPSA) is 140 Å². The summed E-state index contributed by atoms with van der Waals surface area (Å²) in [5.74, 6) is -0.547. The number of H-pyrrole nitrogens is 1. The predicted octanol–water partition coefficient (Wildman–Crippen LogP) is 0.609. The minimum absolute atomic E-state index is 0.0606. The molecule has 9 nitrogen and oxygen atoms in total. The van der Waals surface area contributed by atoms with Crippen LogP contribution in [0.25, 0.3) is 0 Å². The first-order chi connectivity index (χ1) is 8.06. The molecule has 0 aromatic carbocycles. The maximum atomic E-state index is 11.6. The Labute approximate surface area is 97.8 Å². The molecular formula is C7H6N6O3S. The monoisotopic (exact) mass is 254 g/mol. The third-order valence-corrected chi connectivity index (χ3v) is 2.45. The second kappa shape index (κ2) is 4.17. The zero-order valence-electron chi connectivity index (χ0n) is 8.21. The highest BCUT2D eigenvalue weighted by molar-refractivity contribution is 7.19. The lowest BCUT2D eigenvalue weighted by atomic mass is 10.4. The Balaban J connectivity index is 2.11. The van der Waals surface area contributed by atoms with Gasteiger partial charge < -0.3 is 10.7 Å². The molecule has 0 aliphatic heterocycles. The van der Waals surface area contributed by atoms with E-state index in [0.717, 1.165) is 23.6 Å². The third-order valence-electron chi connectivity index (χ3n) is 1.78. The Hall–Kier alpha value is -2.49. The van der Waals surface area contributed by atoms with Gasteiger partial charge in [-0.1, -0.05) is 11.3 Å². The zero-order chi connectivity index (χ0) is 12.4. The van der Waals surface area contributed by atoms with Crippen molar-refractivity contribution in [2.24, 2.45) is 0 Å². The fourth-order valence-electron chi connectivity index (χ4n) is 1.07. The number of hydrogen-bond acceptors (Lipinski definition) is 7. The molecule has 4 N–H and O–H groups in total. The molecule has 0 spiro atoms. The van der Waals surface area contributed by atoms with Gasteiger partial charge in [-0.3, -0.25) is 20.2 Å². The van der Waals surface area contributed by atoms with Crippen molar-refractivity contribution in [1.29, 1.82) is 0 Å². The maximum Gasteiger partial charge on any atom is 0.287 e. The Kier molecular flexibility index (Phi) is 2.70. The minimum Gasteiger partial charge on any atom is -0.374 e. The number of carbonyl (C=O) groups is 1. The lowest BCUT2D eigenvalue weighted by Crippen LogP contribution is -2.11. The Morgan fingerprint density at radius 2 is 2.35 bits per heavy atom. The Morgan fingerprint density at radius 3 is 2.88 bits per heavy atom. The summed E-state index contributed by atoms with van der Waals surface area (Å²) in [5, 5.41) is 20.4. The number of hydrogen-bond donors (Lipinski definition) is 3. The zero-order valence-corrected chi connectivity index (χ0v) is 9.02. The number of rotatable bonds is 3. The van der Waals surface area contributed by atoms with Gasteiger partial charge in [0.2, 0.25) is 10.3 Å². The number of carbonyl (C=O) groups excluding carboxylic acids is 1. The summed E-state index contributed by atoms with van der Waals surface area (Å²) in [7, 11) is 0. The van der Waals surface area contributed by atoms with Gasteiger partial charge in [-0.05, 0) is 0 Å². The van der Waals surface area contributed by atoms with Crippen LogP contribution < -0.4 is 11.1 Å². The van der Waals surface area contributed by atoms with E-state index in [1.54, 1.807) is 0 Å². The molecule has 0 fully saturated rings. The maximum absolute atomic E-state index is 11.6. The summed E-state index contributed by atoms with van der Waals surface area (Å²) in [5.41, 5.74) is 5.21. The molecule has 0 radical (unpaired) electrons. The molecule has 88 valence electrons. The van der Waals surface area contributed by atoms with Gasteiger partial charge >= 0.3 is 0 Å². The van der Waals surface area contributed by atoms with E-state index < -0.39 is 10.8 Å². The van der Waals surface area contributed by atoms with Crippen LogP contribution in [0, 0.1) is 10.1 Å². The number of nitro groups is 1. The number of nitrogens with two attached hydrogens (primary N) is 1. The van der Waals surface area contributed by atoms with Gasteiger partial charge in [0.1, 0.15) is 5.69 Å². The average Bonchev–Trinajstić information content (AvgIpc) is 2.86. The molecule has 0 atom stereocenters. The van der Waals surface area contributed by atoms with Crippen molar-refractivity contribution in [3.05, 3.63) is 28.1 Å². The molecule has 0 saturated heterocycles. The lowest BCUT2D eigenvalue weighted by molar-refractivity contribution is -0.384. The fourth-order valence-corrected chi connectivity index (χ4v) is 1.57. The van der Waals surface area contributed by atoms with Crippen LogP contribution in [0.3, 0.4) is 0 Å². The first-order valence-electron chi connectivity index (χ1n) is 4.29. The van der Waals surface area contributed by atoms with E-state index in [0.29, 0.717) is 0 Å². The molecule has 0 bridgehead atoms. The molecule has 0 aliphatic carbocycles. The standard InChI is InChI=1S/C7H6N6O3S/c8-6-11-12-7(17-6)10-5(14)4-1-3(2-9-4)13(15)16/h1-2,9H,(H2,8,11)(H,10,12,14). The summed E-state index contributed by atoms with van der Waals surface area (Å²) in [6, 6.07) is 1.12. The highest BCUT2D eigenvalue weighted by Gasteiger charge is 2.15. The third kappa shape index (κ3) is 2.36. The Bertz CT molecular complexity index is 576. The van der Waals surface area contributed by atoms with E-state index >= 15 is 0 Å². The average molecular weight is 254 g/mol. The quantitative estimate of drug-likeness (QED) is 0.541. The van der Waals surface area contributed by atoms with Crippen LogP contribution in [0.2, 0.25) is 0 Å². The Morgan fingerprint density at radius 1 is 1.59 bits per heavy atom. The van der Waals surface area contributed by atoms with Gasteiger partial charge in [-0.2, -0.15) is 0 Å². The number of nitrogens with zero attached hydrogens (tertiary/aromatic N) is 3. The van der Waals surface area contributed by atoms with Gasteiger partial charge in [-0.25, -0.2) is 0 Å². The summed E-state index contributed by atoms with van der Waals surface area (Å²) < 4.78 is 0. The van der Waals surface area contributed by atoms with Crippen molar-refractivity contribution in [3.8, 4) is 0 Å². The van der Waals surface area contributed by atoms with Gasteiger partial charge in [0.25, 0.3) is 11.6 Å². The highest BCUT2D eigenvalue weighted by atomic mass is 32.1. The number of amides is 1. The first-order valence-corrected chi connectivity index (χ1v) is 5.11. The van der Waals surface area contributed by atoms with E-state index in [2.05, 4.69) is 20.5 Å². The van der Waals surface area contributed by atoms with Crippen molar-refractivity contribution in [1.82, 2.24) is 15.2 Å². The molecule has 0 unspecified atom stereocenters. The molecule has 0 saturated carbocycles. The van der Waals surface area contributed by atoms with Crippen LogP contribution in [0.5, 0.6) is 0 Å². The van der Waals surface area contributed by atoms with Crippen LogP contribution >= 0.6 is 11.3 Å². The van der Waals surface area contributed by atoms with Crippen molar-refractivity contribution in [2.75, 3.05) is 11.1 Å². The van der Waals surface area contributed by atoms with Crippen LogP contribution in [0.1, 0.15) is 10.5 Å². The van der Waals surface area contributed by atoms with E-state index in [-0.39, 0.29) is 21.6 Å². The molecule has 1 amide bonds. The molecule has 2 rings (SSSR count). The van der Waals surface area contributed by atoms with Crippen LogP contribution in [0.4, 0.5) is 16.0 Å². The van der Waals surface area contributed by atoms with Crippen molar-refractivity contribution in [3.63, 3.8) is 0 Å². The summed E-state index contributed by atoms with van der Waals surface area (Å²) in [6.07, 6.45) is 1.13. The van der Waals surface area contributed by atoms with Gasteiger partial charge in [0, 0.05) is 6.07 Å². The smallest absolute Gasteiger partial charge is 0.287 e. The number of nitrogen functional groups attached to an aromatic ring is 1. The van der Waals surface area contributed by atoms with E-state index in [1.807, 2.05) is 0 Å². The highest BCUT2D eigenvalue weighted by Crippen LogP contribution is 2.18. The second-order valence-electron chi connectivity index (χ2n) is 2.93. The largest absolute Gasteiger partial charge is 0.374 e. The second-order valence-corrected chi connectivity index (χ2v) is 3.94. The first kappa shape index (κ1) is 11.0. The molecule has 2 aromatic heterocycles. The number of aromatic nitrogens is 3. The van der Waals surface area contributed by atoms with Gasteiger partial charge in [0.15, 0.2) is 0 Å². The van der Waals surface area contributed by atoms with E-state index in [1.165, 1.54) is 0 Å². The predicted molar refractivity (Wildman–Crippen MR) is 59.7 cm³/mol. The molecule has 2 heterocycles.